The van der Waals surface area contributed by atoms with E-state index >= 15 is 0 Å². The molecule has 0 atom stereocenters. The van der Waals surface area contributed by atoms with Crippen LogP contribution in [0, 0.1) is 10.5 Å². The Morgan fingerprint density at radius 2 is 2.06 bits per heavy atom. The Morgan fingerprint density at radius 3 is 2.61 bits per heavy atom. The Balaban J connectivity index is 2.59. The van der Waals surface area contributed by atoms with Crippen LogP contribution >= 0.6 is 22.6 Å². The number of pyridine rings is 1. The molecule has 0 radical (unpaired) electrons. The van der Waals surface area contributed by atoms with Gasteiger partial charge < -0.3 is 4.98 Å². The first-order valence-electron chi connectivity index (χ1n) is 5.71. The highest BCUT2D eigenvalue weighted by atomic mass is 127. The van der Waals surface area contributed by atoms with Crippen molar-refractivity contribution in [3.8, 4) is 11.4 Å². The molecule has 1 N–H and O–H groups in total. The molecule has 0 unspecified atom stereocenters. The molecule has 0 amide bonds. The highest BCUT2D eigenvalue weighted by molar-refractivity contribution is 14.1. The van der Waals surface area contributed by atoms with E-state index in [1.54, 1.807) is 6.20 Å². The molecule has 0 aliphatic heterocycles. The van der Waals surface area contributed by atoms with Crippen LogP contribution in [0.2, 0.25) is 0 Å². The van der Waals surface area contributed by atoms with Crippen LogP contribution in [0.15, 0.2) is 23.1 Å². The average molecular weight is 355 g/mol. The second-order valence-electron chi connectivity index (χ2n) is 4.46. The third kappa shape index (κ3) is 2.60. The molecule has 18 heavy (non-hydrogen) atoms. The molecule has 0 spiro atoms. The van der Waals surface area contributed by atoms with Gasteiger partial charge in [0, 0.05) is 17.5 Å². The van der Waals surface area contributed by atoms with Crippen LogP contribution in [-0.2, 0) is 0 Å². The quantitative estimate of drug-likeness (QED) is 0.843. The van der Waals surface area contributed by atoms with Crippen molar-refractivity contribution in [1.82, 2.24) is 15.0 Å². The lowest BCUT2D eigenvalue weighted by Crippen LogP contribution is -2.17. The normalized spacial score (nSPS) is 10.9. The molecule has 0 saturated heterocycles. The zero-order chi connectivity index (χ0) is 13.3. The molecule has 2 heterocycles. The van der Waals surface area contributed by atoms with Gasteiger partial charge in [-0.2, -0.15) is 0 Å². The number of halogens is 1. The zero-order valence-corrected chi connectivity index (χ0v) is 12.6. The van der Waals surface area contributed by atoms with Gasteiger partial charge in [0.05, 0.1) is 9.26 Å². The number of nitrogens with zero attached hydrogens (tertiary/aromatic N) is 2. The van der Waals surface area contributed by atoms with Crippen molar-refractivity contribution in [2.24, 2.45) is 0 Å². The number of aryl methyl sites for hydroxylation is 1. The Labute approximate surface area is 119 Å². The van der Waals surface area contributed by atoms with E-state index in [1.165, 1.54) is 0 Å². The summed E-state index contributed by atoms with van der Waals surface area (Å²) in [7, 11) is 0. The number of rotatable bonds is 2. The first kappa shape index (κ1) is 13.2. The minimum absolute atomic E-state index is 0.0927. The van der Waals surface area contributed by atoms with Gasteiger partial charge in [0.25, 0.3) is 5.56 Å². The lowest BCUT2D eigenvalue weighted by molar-refractivity contribution is 0.802. The van der Waals surface area contributed by atoms with Gasteiger partial charge in [0.2, 0.25) is 0 Å². The van der Waals surface area contributed by atoms with Crippen LogP contribution in [0.5, 0.6) is 0 Å². The molecule has 0 aliphatic rings. The van der Waals surface area contributed by atoms with Gasteiger partial charge in [-0.3, -0.25) is 9.78 Å². The number of aromatic amines is 1. The van der Waals surface area contributed by atoms with Crippen molar-refractivity contribution >= 4 is 22.6 Å². The average Bonchev–Trinajstić information content (AvgIpc) is 2.33. The van der Waals surface area contributed by atoms with Gasteiger partial charge in [-0.1, -0.05) is 13.8 Å². The van der Waals surface area contributed by atoms with Gasteiger partial charge in [0.15, 0.2) is 0 Å². The molecule has 0 saturated carbocycles. The monoisotopic (exact) mass is 355 g/mol. The number of hydrogen-bond acceptors (Lipinski definition) is 3. The Morgan fingerprint density at radius 1 is 1.33 bits per heavy atom. The third-order valence-electron chi connectivity index (χ3n) is 2.62. The maximum Gasteiger partial charge on any atom is 0.264 e. The fourth-order valence-corrected chi connectivity index (χ4v) is 2.48. The van der Waals surface area contributed by atoms with E-state index in [2.05, 4.69) is 15.0 Å². The second-order valence-corrected chi connectivity index (χ2v) is 5.54. The molecule has 5 heteroatoms. The summed E-state index contributed by atoms with van der Waals surface area (Å²) in [6, 6.07) is 3.82. The SMILES string of the molecule is Cc1ccc(-c2nc(C(C)C)c(I)c(=O)[nH]2)cn1. The summed E-state index contributed by atoms with van der Waals surface area (Å²) in [5, 5.41) is 0. The second kappa shape index (κ2) is 5.17. The van der Waals surface area contributed by atoms with Crippen LogP contribution in [-0.4, -0.2) is 15.0 Å². The van der Waals surface area contributed by atoms with E-state index in [0.717, 1.165) is 17.0 Å². The molecular weight excluding hydrogens is 341 g/mol. The smallest absolute Gasteiger partial charge is 0.264 e. The molecule has 0 fully saturated rings. The first-order valence-corrected chi connectivity index (χ1v) is 6.79. The molecule has 94 valence electrons. The fourth-order valence-electron chi connectivity index (χ4n) is 1.60. The number of nitrogens with one attached hydrogen (secondary N) is 1. The first-order chi connectivity index (χ1) is 8.49. The van der Waals surface area contributed by atoms with Gasteiger partial charge >= 0.3 is 0 Å². The van der Waals surface area contributed by atoms with Gasteiger partial charge in [-0.15, -0.1) is 0 Å². The number of aromatic nitrogens is 3. The maximum absolute atomic E-state index is 11.9. The topological polar surface area (TPSA) is 58.6 Å². The van der Waals surface area contributed by atoms with Crippen molar-refractivity contribution in [1.29, 1.82) is 0 Å². The molecule has 2 rings (SSSR count). The van der Waals surface area contributed by atoms with Crippen LogP contribution < -0.4 is 5.56 Å². The minimum atomic E-state index is -0.0927. The Bertz CT molecular complexity index is 617. The van der Waals surface area contributed by atoms with Gasteiger partial charge in [0.1, 0.15) is 5.82 Å². The van der Waals surface area contributed by atoms with Crippen LogP contribution in [0.25, 0.3) is 11.4 Å². The van der Waals surface area contributed by atoms with E-state index in [4.69, 9.17) is 0 Å². The van der Waals surface area contributed by atoms with Crippen molar-refractivity contribution in [3.63, 3.8) is 0 Å². The van der Waals surface area contributed by atoms with Crippen LogP contribution in [0.4, 0.5) is 0 Å². The predicted octanol–water partition coefficient (Wildman–Crippen LogP) is 2.87. The van der Waals surface area contributed by atoms with E-state index in [1.807, 2.05) is 55.5 Å². The summed E-state index contributed by atoms with van der Waals surface area (Å²) >= 11 is 2.04. The molecule has 0 bridgehead atoms. The summed E-state index contributed by atoms with van der Waals surface area (Å²) in [5.74, 6) is 0.799. The standard InChI is InChI=1S/C13H14IN3O/c1-7(2)11-10(14)13(18)17-12(16-11)9-5-4-8(3)15-6-9/h4-7H,1-3H3,(H,16,17,18). The predicted molar refractivity (Wildman–Crippen MR) is 79.6 cm³/mol. The van der Waals surface area contributed by atoms with Crippen molar-refractivity contribution < 1.29 is 0 Å². The van der Waals surface area contributed by atoms with E-state index in [0.29, 0.717) is 9.39 Å². The molecule has 2 aromatic heterocycles. The lowest BCUT2D eigenvalue weighted by Gasteiger charge is -2.09. The third-order valence-corrected chi connectivity index (χ3v) is 3.66. The summed E-state index contributed by atoms with van der Waals surface area (Å²) in [6.45, 7) is 5.98. The van der Waals surface area contributed by atoms with E-state index in [9.17, 15) is 4.79 Å². The molecule has 4 nitrogen and oxygen atoms in total. The van der Waals surface area contributed by atoms with Crippen molar-refractivity contribution in [3.05, 3.63) is 43.6 Å². The van der Waals surface area contributed by atoms with Crippen LogP contribution in [0.3, 0.4) is 0 Å². The van der Waals surface area contributed by atoms with E-state index in [-0.39, 0.29) is 11.5 Å². The largest absolute Gasteiger partial charge is 0.306 e. The molecule has 0 aromatic carbocycles. The van der Waals surface area contributed by atoms with Crippen molar-refractivity contribution in [2.45, 2.75) is 26.7 Å². The highest BCUT2D eigenvalue weighted by Crippen LogP contribution is 2.19. The highest BCUT2D eigenvalue weighted by Gasteiger charge is 2.13. The zero-order valence-electron chi connectivity index (χ0n) is 10.5. The molecular formula is C13H14IN3O. The van der Waals surface area contributed by atoms with Crippen molar-refractivity contribution in [2.75, 3.05) is 0 Å². The fraction of sp³-hybridized carbons (Fsp3) is 0.308. The van der Waals surface area contributed by atoms with E-state index < -0.39 is 0 Å². The number of hydrogen-bond donors (Lipinski definition) is 1. The Kier molecular flexibility index (Phi) is 3.79. The lowest BCUT2D eigenvalue weighted by atomic mass is 10.1. The maximum atomic E-state index is 11.9. The Hall–Kier alpha value is -1.24. The molecule has 2 aromatic rings. The van der Waals surface area contributed by atoms with Gasteiger partial charge in [-0.25, -0.2) is 4.98 Å². The van der Waals surface area contributed by atoms with Gasteiger partial charge in [-0.05, 0) is 47.6 Å². The number of H-pyrrole nitrogens is 1. The molecule has 0 aliphatic carbocycles. The summed E-state index contributed by atoms with van der Waals surface area (Å²) in [6.07, 6.45) is 1.73. The minimum Gasteiger partial charge on any atom is -0.306 e. The summed E-state index contributed by atoms with van der Waals surface area (Å²) in [5.41, 5.74) is 2.51. The van der Waals surface area contributed by atoms with Crippen LogP contribution in [0.1, 0.15) is 31.2 Å². The summed E-state index contributed by atoms with van der Waals surface area (Å²) in [4.78, 5) is 23.4. The summed E-state index contributed by atoms with van der Waals surface area (Å²) < 4.78 is 0.659.